The van der Waals surface area contributed by atoms with Gasteiger partial charge >= 0.3 is 37.7 Å². The number of carboxylic acid groups (broad SMARTS) is 4. The normalized spacial score (nSPS) is 5.91. The van der Waals surface area contributed by atoms with E-state index in [1.54, 1.807) is 0 Å². The molecule has 2 radical (unpaired) electrons. The number of aliphatic carboxylic acids is 4. The molecule has 0 aliphatic rings. The maximum Gasteiger partial charge on any atom is 0 e. The average molecular weight is 382 g/mol. The fourth-order valence-corrected chi connectivity index (χ4v) is 0. The Morgan fingerprint density at radius 3 is 0.682 bits per heavy atom. The summed E-state index contributed by atoms with van der Waals surface area (Å²) >= 11 is 0. The summed E-state index contributed by atoms with van der Waals surface area (Å²) in [5.74, 6) is -3.33. The largest absolute Gasteiger partial charge is 0 e. The summed E-state index contributed by atoms with van der Waals surface area (Å²) in [6.07, 6.45) is 0. The van der Waals surface area contributed by atoms with Gasteiger partial charge in [0.05, 0.1) is 0 Å². The van der Waals surface area contributed by atoms with E-state index in [1.165, 1.54) is 0 Å². The predicted molar refractivity (Wildman–Crippen MR) is 85.6 cm³/mol. The molecular formula is C10H26Ca2N2O8. The van der Waals surface area contributed by atoms with Crippen LogP contribution in [-0.2, 0) is 19.2 Å². The number of carbonyl (C=O) groups is 4. The Labute approximate surface area is 189 Å². The van der Waals surface area contributed by atoms with E-state index in [-0.39, 0.29) is 75.5 Å². The number of hydrogen-bond acceptors (Lipinski definition) is 6. The van der Waals surface area contributed by atoms with Gasteiger partial charge in [-0.3, -0.25) is 19.2 Å². The van der Waals surface area contributed by atoms with Gasteiger partial charge < -0.3 is 31.9 Å². The first-order chi connectivity index (χ1) is 8.84. The van der Waals surface area contributed by atoms with Crippen molar-refractivity contribution in [1.29, 1.82) is 0 Å². The van der Waals surface area contributed by atoms with Crippen molar-refractivity contribution in [2.24, 2.45) is 11.5 Å². The van der Waals surface area contributed by atoms with Crippen molar-refractivity contribution < 1.29 is 39.6 Å². The van der Waals surface area contributed by atoms with Crippen LogP contribution in [0.4, 0.5) is 0 Å². The average Bonchev–Trinajstić information content (AvgIpc) is 2.13. The minimum absolute atomic E-state index is 0. The fraction of sp³-hybridized carbons (Fsp3) is 0.600. The quantitative estimate of drug-likeness (QED) is 0.274. The van der Waals surface area contributed by atoms with Gasteiger partial charge in [-0.15, -0.1) is 0 Å². The molecule has 12 heteroatoms. The minimum Gasteiger partial charge on any atom is 0 e. The van der Waals surface area contributed by atoms with E-state index in [0.29, 0.717) is 13.1 Å². The van der Waals surface area contributed by atoms with Crippen LogP contribution in [0.3, 0.4) is 0 Å². The molecule has 0 heterocycles. The van der Waals surface area contributed by atoms with Crippen LogP contribution in [0.15, 0.2) is 0 Å². The van der Waals surface area contributed by atoms with E-state index in [9.17, 15) is 0 Å². The van der Waals surface area contributed by atoms with Gasteiger partial charge in [-0.2, -0.15) is 0 Å². The van der Waals surface area contributed by atoms with E-state index in [4.69, 9.17) is 51.1 Å². The number of hydrogen-bond donors (Lipinski definition) is 6. The van der Waals surface area contributed by atoms with Gasteiger partial charge in [0.1, 0.15) is 0 Å². The summed E-state index contributed by atoms with van der Waals surface area (Å²) in [6, 6.07) is 0. The first-order valence-electron chi connectivity index (χ1n) is 5.03. The molecule has 0 aliphatic heterocycles. The zero-order valence-electron chi connectivity index (χ0n) is 12.7. The molecule has 0 rings (SSSR count). The summed E-state index contributed by atoms with van der Waals surface area (Å²) in [4.78, 5) is 36.0. The van der Waals surface area contributed by atoms with E-state index in [0.717, 1.165) is 27.7 Å². The topological polar surface area (TPSA) is 201 Å². The number of nitrogens with two attached hydrogens (primary N) is 2. The Kier molecular flexibility index (Phi) is 84.3. The minimum atomic E-state index is -0.833. The fourth-order valence-electron chi connectivity index (χ4n) is 0. The van der Waals surface area contributed by atoms with Crippen LogP contribution >= 0.6 is 0 Å². The van der Waals surface area contributed by atoms with E-state index >= 15 is 0 Å². The van der Waals surface area contributed by atoms with Gasteiger partial charge in [0.25, 0.3) is 23.9 Å². The third kappa shape index (κ3) is 4360. The Bertz CT molecular complexity index is 199. The van der Waals surface area contributed by atoms with Crippen molar-refractivity contribution in [3.63, 3.8) is 0 Å². The van der Waals surface area contributed by atoms with Crippen LogP contribution in [0.2, 0.25) is 0 Å². The SMILES string of the molecule is CC(=O)O.CC(=O)O.CC(=O)O.CC(=O)O.NCCN.[CaH2].[Ca]. The zero-order valence-corrected chi connectivity index (χ0v) is 14.9. The molecule has 0 bridgehead atoms. The second-order valence-corrected chi connectivity index (χ2v) is 2.65. The first-order valence-corrected chi connectivity index (χ1v) is 5.03. The zero-order chi connectivity index (χ0) is 17.7. The second-order valence-electron chi connectivity index (χ2n) is 2.65. The smallest absolute Gasteiger partial charge is 0 e. The van der Waals surface area contributed by atoms with Crippen LogP contribution in [0.25, 0.3) is 0 Å². The first kappa shape index (κ1) is 43.2. The van der Waals surface area contributed by atoms with Crippen molar-refractivity contribution in [2.75, 3.05) is 13.1 Å². The summed E-state index contributed by atoms with van der Waals surface area (Å²) in [5.41, 5.74) is 9.81. The monoisotopic (exact) mass is 382 g/mol. The summed E-state index contributed by atoms with van der Waals surface area (Å²) in [7, 11) is 0. The summed E-state index contributed by atoms with van der Waals surface area (Å²) < 4.78 is 0. The molecule has 0 saturated heterocycles. The molecule has 0 spiro atoms. The molecule has 128 valence electrons. The van der Waals surface area contributed by atoms with Gasteiger partial charge in [0, 0.05) is 78.5 Å². The van der Waals surface area contributed by atoms with Crippen LogP contribution in [0.5, 0.6) is 0 Å². The third-order valence-corrected chi connectivity index (χ3v) is 0.167. The Morgan fingerprint density at radius 2 is 0.682 bits per heavy atom. The Morgan fingerprint density at radius 1 is 0.636 bits per heavy atom. The molecule has 0 atom stereocenters. The van der Waals surface area contributed by atoms with E-state index in [2.05, 4.69) is 0 Å². The molecule has 0 aliphatic carbocycles. The third-order valence-electron chi connectivity index (χ3n) is 0.167. The molecule has 0 aromatic heterocycles. The van der Waals surface area contributed by atoms with Gasteiger partial charge in [0.2, 0.25) is 0 Å². The molecule has 0 aromatic rings. The molecule has 22 heavy (non-hydrogen) atoms. The number of rotatable bonds is 1. The second kappa shape index (κ2) is 42.9. The predicted octanol–water partition coefficient (Wildman–Crippen LogP) is -2.03. The van der Waals surface area contributed by atoms with E-state index in [1.807, 2.05) is 0 Å². The summed E-state index contributed by atoms with van der Waals surface area (Å²) in [5, 5.41) is 29.7. The maximum absolute atomic E-state index is 9.00. The van der Waals surface area contributed by atoms with Crippen molar-refractivity contribution in [3.05, 3.63) is 0 Å². The Balaban J connectivity index is -0.0000000250. The number of carboxylic acids is 4. The molecule has 8 N–H and O–H groups in total. The molecule has 0 fully saturated rings. The van der Waals surface area contributed by atoms with Gasteiger partial charge in [0.15, 0.2) is 0 Å². The molecular weight excluding hydrogens is 356 g/mol. The van der Waals surface area contributed by atoms with Gasteiger partial charge in [-0.25, -0.2) is 0 Å². The molecule has 0 amide bonds. The van der Waals surface area contributed by atoms with Crippen molar-refractivity contribution in [1.82, 2.24) is 0 Å². The van der Waals surface area contributed by atoms with Crippen LogP contribution in [-0.4, -0.2) is 133 Å². The molecule has 0 aromatic carbocycles. The molecule has 0 unspecified atom stereocenters. The summed E-state index contributed by atoms with van der Waals surface area (Å²) in [6.45, 7) is 5.53. The van der Waals surface area contributed by atoms with Crippen LogP contribution < -0.4 is 11.5 Å². The van der Waals surface area contributed by atoms with Gasteiger partial charge in [-0.1, -0.05) is 0 Å². The van der Waals surface area contributed by atoms with Crippen molar-refractivity contribution in [3.8, 4) is 0 Å². The van der Waals surface area contributed by atoms with Gasteiger partial charge in [-0.05, 0) is 0 Å². The molecule has 10 nitrogen and oxygen atoms in total. The van der Waals surface area contributed by atoms with Crippen LogP contribution in [0, 0.1) is 0 Å². The Hall–Kier alpha value is 0.319. The van der Waals surface area contributed by atoms with Crippen LogP contribution in [0.1, 0.15) is 27.7 Å². The van der Waals surface area contributed by atoms with E-state index < -0.39 is 23.9 Å². The van der Waals surface area contributed by atoms with Crippen molar-refractivity contribution in [2.45, 2.75) is 27.7 Å². The molecule has 0 saturated carbocycles. The standard InChI is InChI=1S/C2H8N2.4C2H4O2.2Ca.2H/c3-1-2-4;4*1-2(3)4;;;;/h1-4H2;4*1H3,(H,3,4);;;;. The maximum atomic E-state index is 9.00. The van der Waals surface area contributed by atoms with Crippen molar-refractivity contribution >= 4 is 99.4 Å².